The van der Waals surface area contributed by atoms with Crippen LogP contribution in [0, 0.1) is 17.3 Å². The third-order valence-corrected chi connectivity index (χ3v) is 6.28. The molecule has 4 nitrogen and oxygen atoms in total. The zero-order chi connectivity index (χ0) is 19.5. The maximum atomic E-state index is 12.4. The van der Waals surface area contributed by atoms with E-state index in [1.165, 1.54) is 0 Å². The number of rotatable bonds is 8. The highest BCUT2D eigenvalue weighted by Gasteiger charge is 2.53. The third kappa shape index (κ3) is 5.25. The molecule has 0 spiro atoms. The molecule has 2 aliphatic carbocycles. The molecule has 2 aliphatic rings. The largest absolute Gasteiger partial charge is 0.373 e. The summed E-state index contributed by atoms with van der Waals surface area (Å²) >= 11 is 0. The molecule has 0 N–H and O–H groups in total. The maximum absolute atomic E-state index is 12.4. The Morgan fingerprint density at radius 1 is 1.23 bits per heavy atom. The molecule has 2 unspecified atom stereocenters. The van der Waals surface area contributed by atoms with E-state index >= 15 is 0 Å². The predicted molar refractivity (Wildman–Crippen MR) is 102 cm³/mol. The van der Waals surface area contributed by atoms with Gasteiger partial charge in [0, 0.05) is 37.0 Å². The van der Waals surface area contributed by atoms with Gasteiger partial charge < -0.3 is 4.74 Å². The van der Waals surface area contributed by atoms with E-state index in [1.54, 1.807) is 0 Å². The topological polar surface area (TPSA) is 60.4 Å². The van der Waals surface area contributed by atoms with Crippen molar-refractivity contribution in [3.63, 3.8) is 0 Å². The van der Waals surface area contributed by atoms with Crippen molar-refractivity contribution in [3.05, 3.63) is 0 Å². The minimum Gasteiger partial charge on any atom is -0.373 e. The minimum atomic E-state index is -0.318. The SMILES string of the molecule is CC(CCCC(=O)CCC1C(=O)CC[C@]2(C)C(=O)CC[C@@H]12)OC(C)(C)C. The van der Waals surface area contributed by atoms with Gasteiger partial charge in [0.1, 0.15) is 17.3 Å². The molecule has 0 aromatic carbocycles. The Kier molecular flexibility index (Phi) is 6.81. The average Bonchev–Trinajstić information content (AvgIpc) is 2.81. The lowest BCUT2D eigenvalue weighted by Gasteiger charge is -2.39. The van der Waals surface area contributed by atoms with E-state index in [9.17, 15) is 14.4 Å². The Morgan fingerprint density at radius 3 is 2.58 bits per heavy atom. The van der Waals surface area contributed by atoms with Crippen molar-refractivity contribution in [2.75, 3.05) is 0 Å². The van der Waals surface area contributed by atoms with Gasteiger partial charge in [-0.05, 0) is 65.7 Å². The van der Waals surface area contributed by atoms with Gasteiger partial charge in [-0.3, -0.25) is 14.4 Å². The summed E-state index contributed by atoms with van der Waals surface area (Å²) in [6.45, 7) is 10.2. The summed E-state index contributed by atoms with van der Waals surface area (Å²) in [5.41, 5.74) is -0.475. The summed E-state index contributed by atoms with van der Waals surface area (Å²) < 4.78 is 5.87. The third-order valence-electron chi connectivity index (χ3n) is 6.28. The lowest BCUT2D eigenvalue weighted by molar-refractivity contribution is -0.137. The number of Topliss-reactive ketones (excluding diaryl/α,β-unsaturated/α-hetero) is 3. The molecule has 2 rings (SSSR count). The van der Waals surface area contributed by atoms with Crippen LogP contribution in [-0.2, 0) is 19.1 Å². The lowest BCUT2D eigenvalue weighted by atomic mass is 9.62. The fraction of sp³-hybridized carbons (Fsp3) is 0.864. The van der Waals surface area contributed by atoms with Gasteiger partial charge in [0.2, 0.25) is 0 Å². The van der Waals surface area contributed by atoms with Gasteiger partial charge in [-0.15, -0.1) is 0 Å². The molecule has 0 aromatic heterocycles. The molecule has 26 heavy (non-hydrogen) atoms. The van der Waals surface area contributed by atoms with Gasteiger partial charge in [0.05, 0.1) is 11.7 Å². The highest BCUT2D eigenvalue weighted by atomic mass is 16.5. The molecule has 0 amide bonds. The number of ketones is 3. The zero-order valence-corrected chi connectivity index (χ0v) is 17.2. The zero-order valence-electron chi connectivity index (χ0n) is 17.2. The lowest BCUT2D eigenvalue weighted by Crippen LogP contribution is -2.42. The van der Waals surface area contributed by atoms with Crippen LogP contribution in [0.5, 0.6) is 0 Å². The average molecular weight is 365 g/mol. The Bertz CT molecular complexity index is 545. The van der Waals surface area contributed by atoms with Crippen LogP contribution < -0.4 is 0 Å². The second-order valence-electron chi connectivity index (χ2n) is 9.57. The van der Waals surface area contributed by atoms with Gasteiger partial charge in [-0.25, -0.2) is 0 Å². The standard InChI is InChI=1S/C22H36O4/c1-15(26-21(2,3)4)7-6-8-16(23)9-10-17-18-11-12-20(25)22(18,5)14-13-19(17)24/h15,17-18H,6-14H2,1-5H3/t15?,17?,18-,22-/m0/s1. The molecule has 0 aliphatic heterocycles. The van der Waals surface area contributed by atoms with Crippen LogP contribution in [0.1, 0.15) is 92.4 Å². The van der Waals surface area contributed by atoms with Gasteiger partial charge in [-0.2, -0.15) is 0 Å². The highest BCUT2D eigenvalue weighted by Crippen LogP contribution is 2.52. The molecule has 4 heteroatoms. The molecule has 0 bridgehead atoms. The summed E-state index contributed by atoms with van der Waals surface area (Å²) in [4.78, 5) is 36.9. The first-order valence-electron chi connectivity index (χ1n) is 10.3. The van der Waals surface area contributed by atoms with E-state index in [-0.39, 0.29) is 40.5 Å². The summed E-state index contributed by atoms with van der Waals surface area (Å²) in [5, 5.41) is 0. The first-order valence-corrected chi connectivity index (χ1v) is 10.3. The second-order valence-corrected chi connectivity index (χ2v) is 9.57. The summed E-state index contributed by atoms with van der Waals surface area (Å²) in [5.74, 6) is 0.884. The second kappa shape index (κ2) is 8.33. The quantitative estimate of drug-likeness (QED) is 0.628. The predicted octanol–water partition coefficient (Wildman–Crippen LogP) is 4.67. The van der Waals surface area contributed by atoms with E-state index in [1.807, 2.05) is 34.6 Å². The van der Waals surface area contributed by atoms with Crippen molar-refractivity contribution < 1.29 is 19.1 Å². The number of carbonyl (C=O) groups excluding carboxylic acids is 3. The number of ether oxygens (including phenoxy) is 1. The molecule has 2 saturated carbocycles. The van der Waals surface area contributed by atoms with E-state index in [0.29, 0.717) is 44.3 Å². The monoisotopic (exact) mass is 364 g/mol. The Labute approximate surface area is 158 Å². The van der Waals surface area contributed by atoms with Crippen LogP contribution in [0.25, 0.3) is 0 Å². The van der Waals surface area contributed by atoms with Crippen LogP contribution in [0.2, 0.25) is 0 Å². The van der Waals surface area contributed by atoms with Crippen LogP contribution in [0.15, 0.2) is 0 Å². The summed E-state index contributed by atoms with van der Waals surface area (Å²) in [6, 6.07) is 0. The summed E-state index contributed by atoms with van der Waals surface area (Å²) in [7, 11) is 0. The molecule has 4 atom stereocenters. The Hall–Kier alpha value is -1.03. The number of fused-ring (bicyclic) bond motifs is 1. The molecule has 148 valence electrons. The summed E-state index contributed by atoms with van der Waals surface area (Å²) in [6.07, 6.45) is 6.11. The molecule has 0 aromatic rings. The number of carbonyl (C=O) groups is 3. The van der Waals surface area contributed by atoms with Crippen LogP contribution in [0.4, 0.5) is 0 Å². The van der Waals surface area contributed by atoms with Crippen molar-refractivity contribution in [3.8, 4) is 0 Å². The van der Waals surface area contributed by atoms with E-state index in [4.69, 9.17) is 4.74 Å². The van der Waals surface area contributed by atoms with Crippen molar-refractivity contribution in [2.45, 2.75) is 104 Å². The highest BCUT2D eigenvalue weighted by molar-refractivity contribution is 5.92. The molecular formula is C22H36O4. The fourth-order valence-corrected chi connectivity index (χ4v) is 4.91. The molecular weight excluding hydrogens is 328 g/mol. The fourth-order valence-electron chi connectivity index (χ4n) is 4.91. The normalized spacial score (nSPS) is 30.3. The van der Waals surface area contributed by atoms with Crippen LogP contribution in [-0.4, -0.2) is 29.1 Å². The smallest absolute Gasteiger partial charge is 0.139 e. The first-order chi connectivity index (χ1) is 12.0. The molecule has 2 fully saturated rings. The van der Waals surface area contributed by atoms with Crippen LogP contribution in [0.3, 0.4) is 0 Å². The van der Waals surface area contributed by atoms with Crippen molar-refractivity contribution in [1.82, 2.24) is 0 Å². The van der Waals surface area contributed by atoms with Crippen molar-refractivity contribution >= 4 is 17.3 Å². The van der Waals surface area contributed by atoms with E-state index in [0.717, 1.165) is 19.3 Å². The maximum Gasteiger partial charge on any atom is 0.139 e. The van der Waals surface area contributed by atoms with Crippen molar-refractivity contribution in [2.24, 2.45) is 17.3 Å². The first kappa shape index (κ1) is 21.3. The van der Waals surface area contributed by atoms with Gasteiger partial charge in [0.15, 0.2) is 0 Å². The number of hydrogen-bond donors (Lipinski definition) is 0. The number of hydrogen-bond acceptors (Lipinski definition) is 4. The van der Waals surface area contributed by atoms with E-state index < -0.39 is 0 Å². The van der Waals surface area contributed by atoms with E-state index in [2.05, 4.69) is 0 Å². The minimum absolute atomic E-state index is 0.0905. The van der Waals surface area contributed by atoms with Gasteiger partial charge >= 0.3 is 0 Å². The molecule has 0 radical (unpaired) electrons. The van der Waals surface area contributed by atoms with Crippen LogP contribution >= 0.6 is 0 Å². The van der Waals surface area contributed by atoms with Crippen molar-refractivity contribution in [1.29, 1.82) is 0 Å². The molecule has 0 saturated heterocycles. The van der Waals surface area contributed by atoms with Gasteiger partial charge in [-0.1, -0.05) is 6.92 Å². The Balaban J connectivity index is 1.76. The molecule has 0 heterocycles. The van der Waals surface area contributed by atoms with Gasteiger partial charge in [0.25, 0.3) is 0 Å². The Morgan fingerprint density at radius 2 is 1.92 bits per heavy atom.